The maximum absolute atomic E-state index is 13.7. The predicted octanol–water partition coefficient (Wildman–Crippen LogP) is 3.23. The molecule has 1 amide bonds. The van der Waals surface area contributed by atoms with Crippen LogP contribution in [0.25, 0.3) is 0 Å². The second-order valence-corrected chi connectivity index (χ2v) is 8.94. The molecule has 3 aromatic rings. The molecule has 3 aromatic carbocycles. The first-order valence-electron chi connectivity index (χ1n) is 9.41. The van der Waals surface area contributed by atoms with Crippen LogP contribution < -0.4 is 16.2 Å². The molecule has 1 atom stereocenters. The van der Waals surface area contributed by atoms with E-state index in [4.69, 9.17) is 5.84 Å². The van der Waals surface area contributed by atoms with Crippen LogP contribution in [-0.2, 0) is 14.6 Å². The van der Waals surface area contributed by atoms with Crippen molar-refractivity contribution in [3.05, 3.63) is 107 Å². The molecule has 1 aliphatic rings. The highest BCUT2D eigenvalue weighted by atomic mass is 32.2. The van der Waals surface area contributed by atoms with Crippen molar-refractivity contribution < 1.29 is 13.2 Å². The Labute approximate surface area is 175 Å². The molecule has 3 N–H and O–H groups in total. The Bertz CT molecular complexity index is 1210. The number of amides is 1. The van der Waals surface area contributed by atoms with Crippen molar-refractivity contribution in [1.29, 1.82) is 0 Å². The number of hydrogen-bond donors (Lipinski definition) is 2. The number of sulfone groups is 1. The first-order chi connectivity index (χ1) is 14.4. The zero-order valence-corrected chi connectivity index (χ0v) is 17.1. The van der Waals surface area contributed by atoms with E-state index in [-0.39, 0.29) is 15.5 Å². The first kappa shape index (κ1) is 19.9. The van der Waals surface area contributed by atoms with E-state index in [2.05, 4.69) is 5.43 Å². The Hall–Kier alpha value is -3.42. The van der Waals surface area contributed by atoms with Gasteiger partial charge < -0.3 is 5.43 Å². The second-order valence-electron chi connectivity index (χ2n) is 7.02. The number of nitrogens with zero attached hydrogens (tertiary/aromatic N) is 1. The highest BCUT2D eigenvalue weighted by molar-refractivity contribution is 7.95. The largest absolute Gasteiger partial charge is 0.318 e. The van der Waals surface area contributed by atoms with Gasteiger partial charge in [-0.1, -0.05) is 66.2 Å². The minimum Gasteiger partial charge on any atom is -0.318 e. The van der Waals surface area contributed by atoms with Crippen LogP contribution in [0.15, 0.2) is 100 Å². The standard InChI is InChI=1S/C23H21N3O3S/c1-16-12-14-19(15-13-16)30(28,29)22-20(25-24)23(27)26(18-10-6-3-7-11-18)21(22)17-8-4-2-5-9-17/h2-15,21,25H,24H2,1H3/t21-/m1/s1. The number of benzene rings is 3. The SMILES string of the molecule is Cc1ccc(S(=O)(=O)C2=C(NN)C(=O)N(c3ccccc3)[C@@H]2c2ccccc2)cc1. The van der Waals surface area contributed by atoms with Crippen LogP contribution in [0.4, 0.5) is 5.69 Å². The third kappa shape index (κ3) is 3.28. The molecule has 0 aromatic heterocycles. The maximum Gasteiger partial charge on any atom is 0.277 e. The molecule has 0 unspecified atom stereocenters. The average molecular weight is 420 g/mol. The lowest BCUT2D eigenvalue weighted by atomic mass is 10.1. The Balaban J connectivity index is 1.97. The van der Waals surface area contributed by atoms with Crippen LogP contribution in [0.1, 0.15) is 17.2 Å². The lowest BCUT2D eigenvalue weighted by Gasteiger charge is -2.27. The summed E-state index contributed by atoms with van der Waals surface area (Å²) in [5.41, 5.74) is 4.42. The molecule has 0 saturated heterocycles. The van der Waals surface area contributed by atoms with Gasteiger partial charge in [-0.15, -0.1) is 0 Å². The normalized spacial score (nSPS) is 16.8. The minimum absolute atomic E-state index is 0.0612. The van der Waals surface area contributed by atoms with Crippen molar-refractivity contribution in [3.8, 4) is 0 Å². The van der Waals surface area contributed by atoms with Gasteiger partial charge in [0.2, 0.25) is 9.84 Å². The number of carbonyl (C=O) groups is 1. The summed E-state index contributed by atoms with van der Waals surface area (Å²) >= 11 is 0. The number of para-hydroxylation sites is 1. The van der Waals surface area contributed by atoms with E-state index in [1.165, 1.54) is 4.90 Å². The van der Waals surface area contributed by atoms with E-state index in [9.17, 15) is 13.2 Å². The number of hydrazine groups is 1. The zero-order chi connectivity index (χ0) is 21.3. The molecule has 0 bridgehead atoms. The van der Waals surface area contributed by atoms with Gasteiger partial charge in [-0.3, -0.25) is 15.5 Å². The fourth-order valence-corrected chi connectivity index (χ4v) is 5.35. The Morgan fingerprint density at radius 1 is 0.867 bits per heavy atom. The van der Waals surface area contributed by atoms with Crippen LogP contribution >= 0.6 is 0 Å². The van der Waals surface area contributed by atoms with Crippen molar-refractivity contribution in [3.63, 3.8) is 0 Å². The molecule has 152 valence electrons. The molecule has 30 heavy (non-hydrogen) atoms. The lowest BCUT2D eigenvalue weighted by Crippen LogP contribution is -2.34. The minimum atomic E-state index is -4.01. The third-order valence-corrected chi connectivity index (χ3v) is 7.00. The van der Waals surface area contributed by atoms with Gasteiger partial charge in [-0.05, 0) is 36.8 Å². The topological polar surface area (TPSA) is 92.5 Å². The van der Waals surface area contributed by atoms with Gasteiger partial charge in [-0.2, -0.15) is 0 Å². The molecule has 0 fully saturated rings. The molecule has 0 saturated carbocycles. The molecule has 4 rings (SSSR count). The molecule has 1 aliphatic heterocycles. The average Bonchev–Trinajstić information content (AvgIpc) is 3.08. The summed E-state index contributed by atoms with van der Waals surface area (Å²) in [6.45, 7) is 1.88. The lowest BCUT2D eigenvalue weighted by molar-refractivity contribution is -0.115. The summed E-state index contributed by atoms with van der Waals surface area (Å²) in [4.78, 5) is 14.8. The van der Waals surface area contributed by atoms with E-state index in [1.807, 2.05) is 31.2 Å². The van der Waals surface area contributed by atoms with E-state index < -0.39 is 21.8 Å². The van der Waals surface area contributed by atoms with Crippen molar-refractivity contribution in [2.24, 2.45) is 5.84 Å². The Kier molecular flexibility index (Phi) is 5.15. The first-order valence-corrected chi connectivity index (χ1v) is 10.9. The van der Waals surface area contributed by atoms with Gasteiger partial charge in [0.25, 0.3) is 5.91 Å². The Morgan fingerprint density at radius 2 is 1.43 bits per heavy atom. The van der Waals surface area contributed by atoms with Crippen molar-refractivity contribution in [2.75, 3.05) is 4.90 Å². The smallest absolute Gasteiger partial charge is 0.277 e. The summed E-state index contributed by atoms with van der Waals surface area (Å²) in [7, 11) is -4.01. The van der Waals surface area contributed by atoms with E-state index in [0.29, 0.717) is 11.3 Å². The van der Waals surface area contributed by atoms with Crippen LogP contribution in [0.2, 0.25) is 0 Å². The highest BCUT2D eigenvalue weighted by Crippen LogP contribution is 2.44. The van der Waals surface area contributed by atoms with Crippen LogP contribution in [0, 0.1) is 6.92 Å². The molecular weight excluding hydrogens is 398 g/mol. The van der Waals surface area contributed by atoms with Crippen LogP contribution in [0.3, 0.4) is 0 Å². The molecular formula is C23H21N3O3S. The summed E-state index contributed by atoms with van der Waals surface area (Å²) in [5, 5.41) is 0. The number of carbonyl (C=O) groups excluding carboxylic acids is 1. The van der Waals surface area contributed by atoms with Gasteiger partial charge in [-0.25, -0.2) is 8.42 Å². The van der Waals surface area contributed by atoms with E-state index in [0.717, 1.165) is 5.56 Å². The van der Waals surface area contributed by atoms with Crippen LogP contribution in [-0.4, -0.2) is 14.3 Å². The fraction of sp³-hybridized carbons (Fsp3) is 0.0870. The number of aryl methyl sites for hydroxylation is 1. The van der Waals surface area contributed by atoms with E-state index in [1.54, 1.807) is 60.7 Å². The van der Waals surface area contributed by atoms with Crippen molar-refractivity contribution >= 4 is 21.4 Å². The fourth-order valence-electron chi connectivity index (χ4n) is 3.65. The number of hydrogen-bond acceptors (Lipinski definition) is 5. The van der Waals surface area contributed by atoms with Gasteiger partial charge >= 0.3 is 0 Å². The number of rotatable bonds is 5. The summed E-state index contributed by atoms with van der Waals surface area (Å²) < 4.78 is 27.4. The number of nitrogens with one attached hydrogen (secondary N) is 1. The predicted molar refractivity (Wildman–Crippen MR) is 116 cm³/mol. The summed E-state index contributed by atoms with van der Waals surface area (Å²) in [6.07, 6.45) is 0. The van der Waals surface area contributed by atoms with Gasteiger partial charge in [0.05, 0.1) is 4.90 Å². The van der Waals surface area contributed by atoms with Crippen molar-refractivity contribution in [1.82, 2.24) is 5.43 Å². The molecule has 0 aliphatic carbocycles. The van der Waals surface area contributed by atoms with Crippen LogP contribution in [0.5, 0.6) is 0 Å². The molecule has 7 heteroatoms. The third-order valence-electron chi connectivity index (χ3n) is 5.10. The number of anilines is 1. The second kappa shape index (κ2) is 7.78. The van der Waals surface area contributed by atoms with Crippen molar-refractivity contribution in [2.45, 2.75) is 17.9 Å². The van der Waals surface area contributed by atoms with E-state index >= 15 is 0 Å². The molecule has 1 heterocycles. The van der Waals surface area contributed by atoms with Gasteiger partial charge in [0, 0.05) is 5.69 Å². The molecule has 6 nitrogen and oxygen atoms in total. The Morgan fingerprint density at radius 3 is 2.00 bits per heavy atom. The number of nitrogens with two attached hydrogens (primary N) is 1. The highest BCUT2D eigenvalue weighted by Gasteiger charge is 2.47. The quantitative estimate of drug-likeness (QED) is 0.489. The zero-order valence-electron chi connectivity index (χ0n) is 16.3. The molecule has 0 radical (unpaired) electrons. The summed E-state index contributed by atoms with van der Waals surface area (Å²) in [6, 6.07) is 23.7. The van der Waals surface area contributed by atoms with Gasteiger partial charge in [0.1, 0.15) is 16.6 Å². The maximum atomic E-state index is 13.7. The monoisotopic (exact) mass is 419 g/mol. The molecule has 0 spiro atoms. The summed E-state index contributed by atoms with van der Waals surface area (Å²) in [5.74, 6) is 5.18. The van der Waals surface area contributed by atoms with Gasteiger partial charge in [0.15, 0.2) is 0 Å².